The van der Waals surface area contributed by atoms with Crippen LogP contribution in [-0.2, 0) is 32.1 Å². The van der Waals surface area contributed by atoms with Gasteiger partial charge in [0.25, 0.3) is 5.91 Å². The Hall–Kier alpha value is -3.19. The first-order valence-electron chi connectivity index (χ1n) is 8.31. The van der Waals surface area contributed by atoms with Crippen LogP contribution in [0.2, 0.25) is 0 Å². The third-order valence-electron chi connectivity index (χ3n) is 3.81. The molecule has 7 nitrogen and oxygen atoms in total. The van der Waals surface area contributed by atoms with Crippen LogP contribution in [0.25, 0.3) is 0 Å². The van der Waals surface area contributed by atoms with Crippen LogP contribution >= 0.6 is 0 Å². The molecule has 0 bridgehead atoms. The molecule has 0 aromatic heterocycles. The van der Waals surface area contributed by atoms with Crippen molar-refractivity contribution >= 4 is 17.8 Å². The van der Waals surface area contributed by atoms with Crippen molar-refractivity contribution in [2.45, 2.75) is 19.1 Å². The fraction of sp³-hybridized carbons (Fsp3) is 0.250. The summed E-state index contributed by atoms with van der Waals surface area (Å²) >= 11 is 0. The van der Waals surface area contributed by atoms with E-state index >= 15 is 0 Å². The van der Waals surface area contributed by atoms with Crippen molar-refractivity contribution in [2.75, 3.05) is 13.7 Å². The fourth-order valence-corrected chi connectivity index (χ4v) is 2.38. The van der Waals surface area contributed by atoms with Crippen molar-refractivity contribution in [3.8, 4) is 0 Å². The van der Waals surface area contributed by atoms with Crippen LogP contribution < -0.4 is 5.32 Å². The van der Waals surface area contributed by atoms with E-state index in [1.165, 1.54) is 19.2 Å². The SMILES string of the molecule is COC(=O)C(Cc1ccccc1)NC(=O)COC(=O)c1ccc(CO)cc1. The first-order valence-corrected chi connectivity index (χ1v) is 8.31. The summed E-state index contributed by atoms with van der Waals surface area (Å²) in [6.45, 7) is -0.656. The van der Waals surface area contributed by atoms with Gasteiger partial charge < -0.3 is 19.9 Å². The van der Waals surface area contributed by atoms with E-state index in [-0.39, 0.29) is 18.6 Å². The zero-order valence-electron chi connectivity index (χ0n) is 14.9. The number of ether oxygens (including phenoxy) is 2. The van der Waals surface area contributed by atoms with Gasteiger partial charge in [-0.2, -0.15) is 0 Å². The Morgan fingerprint density at radius 1 is 1.00 bits per heavy atom. The van der Waals surface area contributed by atoms with Crippen LogP contribution in [0.1, 0.15) is 21.5 Å². The second-order valence-electron chi connectivity index (χ2n) is 5.76. The predicted octanol–water partition coefficient (Wildman–Crippen LogP) is 1.24. The van der Waals surface area contributed by atoms with E-state index in [1.54, 1.807) is 12.1 Å². The molecule has 0 saturated carbocycles. The molecule has 0 aliphatic heterocycles. The lowest BCUT2D eigenvalue weighted by atomic mass is 10.1. The van der Waals surface area contributed by atoms with Gasteiger partial charge in [-0.05, 0) is 23.3 Å². The number of carbonyl (C=O) groups excluding carboxylic acids is 3. The average Bonchev–Trinajstić information content (AvgIpc) is 2.71. The van der Waals surface area contributed by atoms with Gasteiger partial charge in [-0.1, -0.05) is 42.5 Å². The van der Waals surface area contributed by atoms with Gasteiger partial charge in [0.1, 0.15) is 6.04 Å². The molecule has 2 rings (SSSR count). The van der Waals surface area contributed by atoms with Gasteiger partial charge in [-0.15, -0.1) is 0 Å². The fourth-order valence-electron chi connectivity index (χ4n) is 2.38. The largest absolute Gasteiger partial charge is 0.467 e. The molecule has 0 aliphatic carbocycles. The van der Waals surface area contributed by atoms with Crippen LogP contribution in [0.5, 0.6) is 0 Å². The average molecular weight is 371 g/mol. The molecule has 0 aliphatic rings. The third-order valence-corrected chi connectivity index (χ3v) is 3.81. The van der Waals surface area contributed by atoms with Gasteiger partial charge >= 0.3 is 11.9 Å². The van der Waals surface area contributed by atoms with Crippen molar-refractivity contribution in [3.05, 3.63) is 71.3 Å². The van der Waals surface area contributed by atoms with Crippen LogP contribution in [0.3, 0.4) is 0 Å². The summed E-state index contributed by atoms with van der Waals surface area (Å²) in [4.78, 5) is 35.9. The Morgan fingerprint density at radius 2 is 1.67 bits per heavy atom. The lowest BCUT2D eigenvalue weighted by Crippen LogP contribution is -2.44. The number of aliphatic hydroxyl groups excluding tert-OH is 1. The highest BCUT2D eigenvalue weighted by molar-refractivity contribution is 5.92. The lowest BCUT2D eigenvalue weighted by molar-refractivity contribution is -0.145. The van der Waals surface area contributed by atoms with E-state index in [9.17, 15) is 14.4 Å². The number of methoxy groups -OCH3 is 1. The number of aliphatic hydroxyl groups is 1. The highest BCUT2D eigenvalue weighted by Crippen LogP contribution is 2.07. The molecule has 0 saturated heterocycles. The second-order valence-corrected chi connectivity index (χ2v) is 5.76. The van der Waals surface area contributed by atoms with E-state index in [2.05, 4.69) is 5.32 Å². The Bertz CT molecular complexity index is 773. The van der Waals surface area contributed by atoms with E-state index in [4.69, 9.17) is 14.6 Å². The minimum atomic E-state index is -0.882. The third kappa shape index (κ3) is 6.23. The van der Waals surface area contributed by atoms with Gasteiger partial charge in [0.05, 0.1) is 19.3 Å². The Kier molecular flexibility index (Phi) is 7.51. The Labute approximate surface area is 156 Å². The van der Waals surface area contributed by atoms with Crippen molar-refractivity contribution in [1.29, 1.82) is 0 Å². The standard InChI is InChI=1S/C20H21NO6/c1-26-20(25)17(11-14-5-3-2-4-6-14)21-18(23)13-27-19(24)16-9-7-15(12-22)8-10-16/h2-10,17,22H,11-13H2,1H3,(H,21,23). The molecule has 7 heteroatoms. The molecule has 0 spiro atoms. The highest BCUT2D eigenvalue weighted by atomic mass is 16.5. The lowest BCUT2D eigenvalue weighted by Gasteiger charge is -2.16. The molecular formula is C20H21NO6. The van der Waals surface area contributed by atoms with Gasteiger partial charge in [0, 0.05) is 6.42 Å². The van der Waals surface area contributed by atoms with Crippen LogP contribution in [-0.4, -0.2) is 42.7 Å². The number of nitrogens with one attached hydrogen (secondary N) is 1. The number of esters is 2. The zero-order valence-corrected chi connectivity index (χ0v) is 14.9. The first kappa shape index (κ1) is 20.1. The second kappa shape index (κ2) is 10.1. The summed E-state index contributed by atoms with van der Waals surface area (Å²) < 4.78 is 9.68. The Balaban J connectivity index is 1.90. The highest BCUT2D eigenvalue weighted by Gasteiger charge is 2.22. The summed E-state index contributed by atoms with van der Waals surface area (Å²) in [6.07, 6.45) is 0.260. The number of rotatable bonds is 8. The smallest absolute Gasteiger partial charge is 0.338 e. The molecule has 2 aromatic carbocycles. The quantitative estimate of drug-likeness (QED) is 0.677. The molecule has 142 valence electrons. The maximum absolute atomic E-state index is 12.1. The molecule has 1 amide bonds. The monoisotopic (exact) mass is 371 g/mol. The van der Waals surface area contributed by atoms with Crippen LogP contribution in [0.4, 0.5) is 0 Å². The van der Waals surface area contributed by atoms with E-state index in [0.717, 1.165) is 5.56 Å². The van der Waals surface area contributed by atoms with Gasteiger partial charge in [0.15, 0.2) is 6.61 Å². The van der Waals surface area contributed by atoms with Gasteiger partial charge in [-0.25, -0.2) is 9.59 Å². The van der Waals surface area contributed by atoms with Crippen molar-refractivity contribution in [1.82, 2.24) is 5.32 Å². The number of amides is 1. The van der Waals surface area contributed by atoms with E-state index < -0.39 is 30.5 Å². The molecular weight excluding hydrogens is 350 g/mol. The number of hydrogen-bond donors (Lipinski definition) is 2. The Morgan fingerprint density at radius 3 is 2.26 bits per heavy atom. The van der Waals surface area contributed by atoms with Crippen LogP contribution in [0, 0.1) is 0 Å². The topological polar surface area (TPSA) is 102 Å². The van der Waals surface area contributed by atoms with E-state index in [0.29, 0.717) is 5.56 Å². The molecule has 0 fully saturated rings. The number of carbonyl (C=O) groups is 3. The van der Waals surface area contributed by atoms with Gasteiger partial charge in [-0.3, -0.25) is 4.79 Å². The molecule has 2 N–H and O–H groups in total. The maximum Gasteiger partial charge on any atom is 0.338 e. The van der Waals surface area contributed by atoms with Crippen molar-refractivity contribution in [2.24, 2.45) is 0 Å². The van der Waals surface area contributed by atoms with E-state index in [1.807, 2.05) is 30.3 Å². The molecule has 0 heterocycles. The summed E-state index contributed by atoms with van der Waals surface area (Å²) in [5.74, 6) is -1.87. The molecule has 1 atom stereocenters. The number of hydrogen-bond acceptors (Lipinski definition) is 6. The maximum atomic E-state index is 12.1. The molecule has 0 radical (unpaired) electrons. The first-order chi connectivity index (χ1) is 13.0. The minimum Gasteiger partial charge on any atom is -0.467 e. The summed E-state index contributed by atoms with van der Waals surface area (Å²) in [5, 5.41) is 11.5. The predicted molar refractivity (Wildman–Crippen MR) is 96.7 cm³/mol. The van der Waals surface area contributed by atoms with Crippen molar-refractivity contribution < 1.29 is 29.0 Å². The minimum absolute atomic E-state index is 0.131. The normalized spacial score (nSPS) is 11.3. The van der Waals surface area contributed by atoms with Crippen molar-refractivity contribution in [3.63, 3.8) is 0 Å². The summed E-state index contributed by atoms with van der Waals surface area (Å²) in [5.41, 5.74) is 1.77. The molecule has 2 aromatic rings. The summed E-state index contributed by atoms with van der Waals surface area (Å²) in [7, 11) is 1.24. The zero-order chi connectivity index (χ0) is 19.6. The van der Waals surface area contributed by atoms with Crippen LogP contribution in [0.15, 0.2) is 54.6 Å². The summed E-state index contributed by atoms with van der Waals surface area (Å²) in [6, 6.07) is 14.5. The number of benzene rings is 2. The molecule has 27 heavy (non-hydrogen) atoms. The van der Waals surface area contributed by atoms with Gasteiger partial charge in [0.2, 0.25) is 0 Å². The molecule has 1 unspecified atom stereocenters.